The Morgan fingerprint density at radius 3 is 2.59 bits per heavy atom. The van der Waals surface area contributed by atoms with Crippen molar-refractivity contribution < 1.29 is 13.5 Å². The van der Waals surface area contributed by atoms with Gasteiger partial charge in [-0.15, -0.1) is 0 Å². The molecule has 0 saturated carbocycles. The van der Waals surface area contributed by atoms with Crippen LogP contribution in [0.25, 0.3) is 0 Å². The van der Waals surface area contributed by atoms with Gasteiger partial charge in [0.2, 0.25) is 0 Å². The zero-order chi connectivity index (χ0) is 12.5. The first-order chi connectivity index (χ1) is 7.99. The molecule has 1 N–H and O–H groups in total. The highest BCUT2D eigenvalue weighted by Crippen LogP contribution is 2.42. The summed E-state index contributed by atoms with van der Waals surface area (Å²) in [6.45, 7) is 0. The predicted molar refractivity (Wildman–Crippen MR) is 60.5 cm³/mol. The molecule has 1 aliphatic heterocycles. The molecule has 2 heterocycles. The standard InChI is InChI=1S/C11H12N2O3S/c12-7-11(3-6-17(15,16)8-11)10(14)9-1-4-13-5-2-9/h1-2,4-5,10,14H,3,6,8H2. The van der Waals surface area contributed by atoms with E-state index < -0.39 is 21.4 Å². The minimum Gasteiger partial charge on any atom is -0.387 e. The molecule has 0 spiro atoms. The van der Waals surface area contributed by atoms with Gasteiger partial charge in [-0.25, -0.2) is 8.42 Å². The number of nitrogens with zero attached hydrogens (tertiary/aromatic N) is 2. The normalized spacial score (nSPS) is 28.5. The molecule has 90 valence electrons. The number of aromatic nitrogens is 1. The lowest BCUT2D eigenvalue weighted by atomic mass is 9.80. The lowest BCUT2D eigenvalue weighted by molar-refractivity contribution is 0.0792. The van der Waals surface area contributed by atoms with Crippen molar-refractivity contribution in [2.45, 2.75) is 12.5 Å². The van der Waals surface area contributed by atoms with Crippen LogP contribution in [0.4, 0.5) is 0 Å². The number of hydrogen-bond donors (Lipinski definition) is 1. The van der Waals surface area contributed by atoms with Gasteiger partial charge in [-0.3, -0.25) is 4.98 Å². The molecule has 0 bridgehead atoms. The fourth-order valence-corrected chi connectivity index (χ4v) is 4.08. The van der Waals surface area contributed by atoms with Gasteiger partial charge in [0.25, 0.3) is 0 Å². The Morgan fingerprint density at radius 2 is 2.12 bits per heavy atom. The van der Waals surface area contributed by atoms with E-state index in [9.17, 15) is 18.8 Å². The van der Waals surface area contributed by atoms with E-state index in [2.05, 4.69) is 4.98 Å². The fraction of sp³-hybridized carbons (Fsp3) is 0.455. The lowest BCUT2D eigenvalue weighted by Gasteiger charge is -2.25. The number of hydrogen-bond acceptors (Lipinski definition) is 5. The van der Waals surface area contributed by atoms with E-state index in [0.29, 0.717) is 5.56 Å². The molecule has 2 rings (SSSR count). The topological polar surface area (TPSA) is 91.0 Å². The fourth-order valence-electron chi connectivity index (χ4n) is 2.10. The maximum absolute atomic E-state index is 11.5. The number of rotatable bonds is 2. The van der Waals surface area contributed by atoms with Gasteiger partial charge in [-0.05, 0) is 24.1 Å². The van der Waals surface area contributed by atoms with Crippen LogP contribution in [0.2, 0.25) is 0 Å². The molecule has 1 aliphatic rings. The van der Waals surface area contributed by atoms with Crippen molar-refractivity contribution in [3.8, 4) is 6.07 Å². The second-order valence-corrected chi connectivity index (χ2v) is 6.48. The Labute approximate surface area is 99.6 Å². The van der Waals surface area contributed by atoms with E-state index >= 15 is 0 Å². The molecule has 1 saturated heterocycles. The largest absolute Gasteiger partial charge is 0.387 e. The summed E-state index contributed by atoms with van der Waals surface area (Å²) in [5, 5.41) is 19.4. The van der Waals surface area contributed by atoms with Crippen molar-refractivity contribution in [2.24, 2.45) is 5.41 Å². The molecule has 0 radical (unpaired) electrons. The summed E-state index contributed by atoms with van der Waals surface area (Å²) in [4.78, 5) is 3.82. The van der Waals surface area contributed by atoms with Crippen LogP contribution in [-0.2, 0) is 9.84 Å². The monoisotopic (exact) mass is 252 g/mol. The minimum absolute atomic E-state index is 0.0390. The van der Waals surface area contributed by atoms with Gasteiger partial charge < -0.3 is 5.11 Å². The Balaban J connectivity index is 2.36. The minimum atomic E-state index is -3.22. The van der Waals surface area contributed by atoms with Gasteiger partial charge in [0, 0.05) is 12.4 Å². The highest BCUT2D eigenvalue weighted by molar-refractivity contribution is 7.91. The molecule has 1 aromatic heterocycles. The number of pyridine rings is 1. The average Bonchev–Trinajstić information content (AvgIpc) is 2.66. The quantitative estimate of drug-likeness (QED) is 0.824. The van der Waals surface area contributed by atoms with Crippen LogP contribution < -0.4 is 0 Å². The summed E-state index contributed by atoms with van der Waals surface area (Å²) >= 11 is 0. The zero-order valence-electron chi connectivity index (χ0n) is 9.07. The van der Waals surface area contributed by atoms with Gasteiger partial charge in [0.1, 0.15) is 5.41 Å². The van der Waals surface area contributed by atoms with Crippen LogP contribution in [0, 0.1) is 16.7 Å². The Hall–Kier alpha value is -1.45. The van der Waals surface area contributed by atoms with Crippen molar-refractivity contribution in [3.63, 3.8) is 0 Å². The predicted octanol–water partition coefficient (Wildman–Crippen LogP) is 0.443. The van der Waals surface area contributed by atoms with Crippen LogP contribution in [0.15, 0.2) is 24.5 Å². The first-order valence-electron chi connectivity index (χ1n) is 5.19. The van der Waals surface area contributed by atoms with Gasteiger partial charge in [-0.1, -0.05) is 0 Å². The van der Waals surface area contributed by atoms with Crippen LogP contribution >= 0.6 is 0 Å². The maximum atomic E-state index is 11.5. The molecular weight excluding hydrogens is 240 g/mol. The van der Waals surface area contributed by atoms with Crippen molar-refractivity contribution in [1.82, 2.24) is 4.98 Å². The summed E-state index contributed by atoms with van der Waals surface area (Å²) in [6, 6.07) is 5.17. The maximum Gasteiger partial charge on any atom is 0.152 e. The van der Waals surface area contributed by atoms with Crippen LogP contribution in [0.1, 0.15) is 18.1 Å². The van der Waals surface area contributed by atoms with Crippen molar-refractivity contribution in [3.05, 3.63) is 30.1 Å². The van der Waals surface area contributed by atoms with E-state index in [4.69, 9.17) is 0 Å². The summed E-state index contributed by atoms with van der Waals surface area (Å²) < 4.78 is 22.9. The highest BCUT2D eigenvalue weighted by Gasteiger charge is 2.48. The van der Waals surface area contributed by atoms with E-state index in [-0.39, 0.29) is 17.9 Å². The second-order valence-electron chi connectivity index (χ2n) is 4.29. The Bertz CT molecular complexity index is 550. The summed E-state index contributed by atoms with van der Waals surface area (Å²) in [5.74, 6) is -0.317. The zero-order valence-corrected chi connectivity index (χ0v) is 9.89. The van der Waals surface area contributed by atoms with Gasteiger partial charge in [0.05, 0.1) is 23.7 Å². The van der Waals surface area contributed by atoms with E-state index in [1.165, 1.54) is 12.4 Å². The number of aliphatic hydroxyl groups excluding tert-OH is 1. The molecule has 1 fully saturated rings. The molecule has 0 amide bonds. The molecular formula is C11H12N2O3S. The summed E-state index contributed by atoms with van der Waals surface area (Å²) in [7, 11) is -3.22. The summed E-state index contributed by atoms with van der Waals surface area (Å²) in [6.07, 6.45) is 2.10. The Kier molecular flexibility index (Phi) is 2.89. The van der Waals surface area contributed by atoms with Gasteiger partial charge >= 0.3 is 0 Å². The summed E-state index contributed by atoms with van der Waals surface area (Å²) in [5.41, 5.74) is -0.696. The molecule has 2 atom stereocenters. The molecule has 1 aromatic rings. The highest BCUT2D eigenvalue weighted by atomic mass is 32.2. The smallest absolute Gasteiger partial charge is 0.152 e. The third-order valence-electron chi connectivity index (χ3n) is 3.10. The van der Waals surface area contributed by atoms with Crippen LogP contribution in [-0.4, -0.2) is 30.0 Å². The molecule has 6 heteroatoms. The van der Waals surface area contributed by atoms with Crippen molar-refractivity contribution in [2.75, 3.05) is 11.5 Å². The third kappa shape index (κ3) is 2.16. The van der Waals surface area contributed by atoms with Crippen molar-refractivity contribution in [1.29, 1.82) is 5.26 Å². The van der Waals surface area contributed by atoms with E-state index in [1.54, 1.807) is 12.1 Å². The number of sulfone groups is 1. The van der Waals surface area contributed by atoms with Crippen LogP contribution in [0.5, 0.6) is 0 Å². The molecule has 2 unspecified atom stereocenters. The van der Waals surface area contributed by atoms with Gasteiger partial charge in [0.15, 0.2) is 9.84 Å². The molecule has 0 aromatic carbocycles. The second kappa shape index (κ2) is 4.09. The molecule has 17 heavy (non-hydrogen) atoms. The van der Waals surface area contributed by atoms with E-state index in [1.807, 2.05) is 6.07 Å². The van der Waals surface area contributed by atoms with E-state index in [0.717, 1.165) is 0 Å². The first kappa shape index (κ1) is 12.0. The molecule has 5 nitrogen and oxygen atoms in total. The van der Waals surface area contributed by atoms with Crippen LogP contribution in [0.3, 0.4) is 0 Å². The Morgan fingerprint density at radius 1 is 1.47 bits per heavy atom. The number of aliphatic hydroxyl groups is 1. The SMILES string of the molecule is N#CC1(C(O)c2ccncc2)CCS(=O)(=O)C1. The number of nitriles is 1. The molecule has 0 aliphatic carbocycles. The third-order valence-corrected chi connectivity index (χ3v) is 4.89. The lowest BCUT2D eigenvalue weighted by Crippen LogP contribution is -2.28. The average molecular weight is 252 g/mol. The van der Waals surface area contributed by atoms with Crippen molar-refractivity contribution >= 4 is 9.84 Å². The van der Waals surface area contributed by atoms with Gasteiger partial charge in [-0.2, -0.15) is 5.26 Å². The first-order valence-corrected chi connectivity index (χ1v) is 7.01.